The molecular weight excluding hydrogens is 186 g/mol. The molecule has 15 heavy (non-hydrogen) atoms. The van der Waals surface area contributed by atoms with Crippen molar-refractivity contribution >= 4 is 0 Å². The minimum atomic E-state index is 0.273. The summed E-state index contributed by atoms with van der Waals surface area (Å²) in [6.07, 6.45) is 5.59. The lowest BCUT2D eigenvalue weighted by atomic mass is 9.83. The number of hydrogen-bond donors (Lipinski definition) is 1. The van der Waals surface area contributed by atoms with Crippen LogP contribution in [0.3, 0.4) is 0 Å². The summed E-state index contributed by atoms with van der Waals surface area (Å²) >= 11 is 0. The molecule has 0 heterocycles. The topological polar surface area (TPSA) is 21.3 Å². The van der Waals surface area contributed by atoms with Crippen molar-refractivity contribution in [1.82, 2.24) is 5.32 Å². The van der Waals surface area contributed by atoms with Gasteiger partial charge in [-0.15, -0.1) is 0 Å². The van der Waals surface area contributed by atoms with Gasteiger partial charge >= 0.3 is 0 Å². The second-order valence-electron chi connectivity index (χ2n) is 5.58. The Morgan fingerprint density at radius 2 is 2.07 bits per heavy atom. The van der Waals surface area contributed by atoms with E-state index in [2.05, 4.69) is 26.1 Å². The fourth-order valence-corrected chi connectivity index (χ4v) is 1.89. The summed E-state index contributed by atoms with van der Waals surface area (Å²) in [4.78, 5) is 0. The fourth-order valence-electron chi connectivity index (χ4n) is 1.89. The van der Waals surface area contributed by atoms with Crippen molar-refractivity contribution < 1.29 is 4.74 Å². The smallest absolute Gasteiger partial charge is 0.0529 e. The highest BCUT2D eigenvalue weighted by molar-refractivity contribution is 4.72. The van der Waals surface area contributed by atoms with Gasteiger partial charge in [0.1, 0.15) is 0 Å². The van der Waals surface area contributed by atoms with Gasteiger partial charge in [0.05, 0.1) is 6.61 Å². The van der Waals surface area contributed by atoms with Crippen LogP contribution in [-0.2, 0) is 4.74 Å². The Morgan fingerprint density at radius 1 is 1.33 bits per heavy atom. The van der Waals surface area contributed by atoms with Crippen molar-refractivity contribution in [3.05, 3.63) is 0 Å². The Hall–Kier alpha value is -0.0800. The van der Waals surface area contributed by atoms with Gasteiger partial charge < -0.3 is 10.1 Å². The Morgan fingerprint density at radius 3 is 2.60 bits per heavy atom. The van der Waals surface area contributed by atoms with Crippen molar-refractivity contribution in [1.29, 1.82) is 0 Å². The third-order valence-electron chi connectivity index (χ3n) is 3.24. The highest BCUT2D eigenvalue weighted by Crippen LogP contribution is 2.29. The number of ether oxygens (including phenoxy) is 1. The van der Waals surface area contributed by atoms with Crippen LogP contribution in [0.5, 0.6) is 0 Å². The van der Waals surface area contributed by atoms with E-state index in [0.717, 1.165) is 32.2 Å². The van der Waals surface area contributed by atoms with Crippen LogP contribution in [0.2, 0.25) is 0 Å². The number of hydrogen-bond acceptors (Lipinski definition) is 2. The molecule has 1 fully saturated rings. The number of rotatable bonds is 8. The Labute approximate surface area is 94.8 Å². The summed E-state index contributed by atoms with van der Waals surface area (Å²) in [7, 11) is 0. The number of nitrogens with one attached hydrogen (secondary N) is 1. The molecule has 0 spiro atoms. The summed E-state index contributed by atoms with van der Waals surface area (Å²) in [5.41, 5.74) is 0.273. The molecule has 0 bridgehead atoms. The third-order valence-corrected chi connectivity index (χ3v) is 3.24. The fraction of sp³-hybridized carbons (Fsp3) is 1.00. The van der Waals surface area contributed by atoms with Crippen molar-refractivity contribution in [3.63, 3.8) is 0 Å². The standard InChI is InChI=1S/C13H27NO/c1-4-14-10-13(2,3)11-15-9-8-12-6-5-7-12/h12,14H,4-11H2,1-3H3. The van der Waals surface area contributed by atoms with Crippen LogP contribution < -0.4 is 5.32 Å². The molecule has 0 aliphatic heterocycles. The SMILES string of the molecule is CCNCC(C)(C)COCCC1CCC1. The Kier molecular flexibility index (Phi) is 5.62. The van der Waals surface area contributed by atoms with Crippen LogP contribution in [0.4, 0.5) is 0 Å². The first-order valence-electron chi connectivity index (χ1n) is 6.42. The van der Waals surface area contributed by atoms with E-state index in [1.807, 2.05) is 0 Å². The van der Waals surface area contributed by atoms with Gasteiger partial charge in [-0.3, -0.25) is 0 Å². The van der Waals surface area contributed by atoms with E-state index in [0.29, 0.717) is 0 Å². The molecule has 0 aromatic heterocycles. The molecule has 0 atom stereocenters. The molecule has 1 N–H and O–H groups in total. The van der Waals surface area contributed by atoms with Gasteiger partial charge in [0, 0.05) is 18.6 Å². The largest absolute Gasteiger partial charge is 0.381 e. The Bertz CT molecular complexity index is 164. The maximum absolute atomic E-state index is 5.76. The van der Waals surface area contributed by atoms with E-state index in [1.165, 1.54) is 25.7 Å². The van der Waals surface area contributed by atoms with E-state index >= 15 is 0 Å². The first kappa shape index (κ1) is 13.0. The molecule has 2 nitrogen and oxygen atoms in total. The highest BCUT2D eigenvalue weighted by Gasteiger charge is 2.19. The average Bonchev–Trinajstić information content (AvgIpc) is 2.11. The molecule has 2 heteroatoms. The quantitative estimate of drug-likeness (QED) is 0.626. The van der Waals surface area contributed by atoms with Gasteiger partial charge in [-0.1, -0.05) is 40.0 Å². The van der Waals surface area contributed by atoms with E-state index in [9.17, 15) is 0 Å². The van der Waals surface area contributed by atoms with Crippen molar-refractivity contribution in [2.75, 3.05) is 26.3 Å². The monoisotopic (exact) mass is 213 g/mol. The summed E-state index contributed by atoms with van der Waals surface area (Å²) in [6.45, 7) is 10.6. The van der Waals surface area contributed by atoms with Gasteiger partial charge in [-0.05, 0) is 18.9 Å². The molecule has 0 saturated heterocycles. The maximum Gasteiger partial charge on any atom is 0.0529 e. The normalized spacial score (nSPS) is 17.8. The van der Waals surface area contributed by atoms with Crippen LogP contribution in [0.25, 0.3) is 0 Å². The van der Waals surface area contributed by atoms with E-state index in [1.54, 1.807) is 0 Å². The molecule has 0 aromatic carbocycles. The first-order chi connectivity index (χ1) is 7.14. The lowest BCUT2D eigenvalue weighted by molar-refractivity contribution is 0.0481. The van der Waals surface area contributed by atoms with Crippen LogP contribution >= 0.6 is 0 Å². The highest BCUT2D eigenvalue weighted by atomic mass is 16.5. The minimum Gasteiger partial charge on any atom is -0.381 e. The second kappa shape index (κ2) is 6.49. The van der Waals surface area contributed by atoms with Gasteiger partial charge in [0.2, 0.25) is 0 Å². The predicted octanol–water partition coefficient (Wildman–Crippen LogP) is 2.83. The van der Waals surface area contributed by atoms with Crippen LogP contribution in [-0.4, -0.2) is 26.3 Å². The van der Waals surface area contributed by atoms with E-state index < -0.39 is 0 Å². The summed E-state index contributed by atoms with van der Waals surface area (Å²) in [6, 6.07) is 0. The third kappa shape index (κ3) is 5.53. The molecule has 1 aliphatic carbocycles. The van der Waals surface area contributed by atoms with Gasteiger partial charge in [-0.25, -0.2) is 0 Å². The average molecular weight is 213 g/mol. The predicted molar refractivity (Wildman–Crippen MR) is 65.1 cm³/mol. The van der Waals surface area contributed by atoms with Crippen LogP contribution in [0.15, 0.2) is 0 Å². The lowest BCUT2D eigenvalue weighted by Crippen LogP contribution is -2.33. The summed E-state index contributed by atoms with van der Waals surface area (Å²) in [5.74, 6) is 0.974. The summed E-state index contributed by atoms with van der Waals surface area (Å²) in [5, 5.41) is 3.38. The summed E-state index contributed by atoms with van der Waals surface area (Å²) < 4.78 is 5.76. The first-order valence-corrected chi connectivity index (χ1v) is 6.42. The van der Waals surface area contributed by atoms with Crippen LogP contribution in [0.1, 0.15) is 46.5 Å². The second-order valence-corrected chi connectivity index (χ2v) is 5.58. The molecule has 0 aromatic rings. The molecule has 0 radical (unpaired) electrons. The molecule has 1 rings (SSSR count). The van der Waals surface area contributed by atoms with E-state index in [4.69, 9.17) is 4.74 Å². The Balaban J connectivity index is 1.96. The molecule has 0 amide bonds. The zero-order valence-electron chi connectivity index (χ0n) is 10.6. The van der Waals surface area contributed by atoms with Gasteiger partial charge in [0.25, 0.3) is 0 Å². The molecule has 0 unspecified atom stereocenters. The zero-order chi connectivity index (χ0) is 11.1. The molecule has 1 saturated carbocycles. The van der Waals surface area contributed by atoms with E-state index in [-0.39, 0.29) is 5.41 Å². The van der Waals surface area contributed by atoms with Crippen molar-refractivity contribution in [3.8, 4) is 0 Å². The lowest BCUT2D eigenvalue weighted by Gasteiger charge is -2.27. The van der Waals surface area contributed by atoms with Crippen molar-refractivity contribution in [2.45, 2.75) is 46.5 Å². The molecule has 90 valence electrons. The van der Waals surface area contributed by atoms with Crippen molar-refractivity contribution in [2.24, 2.45) is 11.3 Å². The van der Waals surface area contributed by atoms with Gasteiger partial charge in [-0.2, -0.15) is 0 Å². The van der Waals surface area contributed by atoms with Crippen LogP contribution in [0, 0.1) is 11.3 Å². The molecule has 1 aliphatic rings. The molecular formula is C13H27NO. The van der Waals surface area contributed by atoms with Gasteiger partial charge in [0.15, 0.2) is 0 Å². The maximum atomic E-state index is 5.76. The minimum absolute atomic E-state index is 0.273. The zero-order valence-corrected chi connectivity index (χ0v) is 10.6.